The molecule has 0 aliphatic heterocycles. The number of urea groups is 1. The second-order valence-electron chi connectivity index (χ2n) is 6.16. The van der Waals surface area contributed by atoms with Crippen molar-refractivity contribution >= 4 is 23.5 Å². The van der Waals surface area contributed by atoms with Gasteiger partial charge < -0.3 is 20.7 Å². The second-order valence-corrected chi connectivity index (χ2v) is 6.16. The lowest BCUT2D eigenvalue weighted by atomic mass is 10.1. The number of imide groups is 1. The number of ether oxygens (including phenoxy) is 1. The van der Waals surface area contributed by atoms with Gasteiger partial charge in [0.1, 0.15) is 5.75 Å². The number of amides is 4. The summed E-state index contributed by atoms with van der Waals surface area (Å²) in [7, 11) is 1.62. The van der Waals surface area contributed by atoms with Crippen molar-refractivity contribution in [3.63, 3.8) is 0 Å². The number of nitrogens with one attached hydrogen (secondary N) is 4. The number of carbonyl (C=O) groups excluding carboxylic acids is 3. The van der Waals surface area contributed by atoms with Crippen molar-refractivity contribution in [3.05, 3.63) is 59.7 Å². The van der Waals surface area contributed by atoms with Gasteiger partial charge in [0.05, 0.1) is 19.2 Å². The van der Waals surface area contributed by atoms with Gasteiger partial charge in [-0.05, 0) is 43.2 Å². The molecule has 8 heteroatoms. The van der Waals surface area contributed by atoms with Crippen molar-refractivity contribution in [2.45, 2.75) is 13.3 Å². The van der Waals surface area contributed by atoms with Crippen LogP contribution in [0.25, 0.3) is 0 Å². The summed E-state index contributed by atoms with van der Waals surface area (Å²) in [5.41, 5.74) is 2.02. The standard InChI is InChI=1S/C21H26N4O4/c1-3-22-21(28)25-19(26)14-24-18-7-5-4-6-17(18)20(27)23-13-12-15-8-10-16(29-2)11-9-15/h4-11,24H,3,12-14H2,1-2H3,(H,23,27)(H2,22,25,26,28). The molecule has 0 aliphatic carbocycles. The smallest absolute Gasteiger partial charge is 0.321 e. The van der Waals surface area contributed by atoms with Crippen LogP contribution >= 0.6 is 0 Å². The number of hydrogen-bond acceptors (Lipinski definition) is 5. The van der Waals surface area contributed by atoms with Gasteiger partial charge in [0.15, 0.2) is 0 Å². The van der Waals surface area contributed by atoms with Crippen LogP contribution in [0.3, 0.4) is 0 Å². The third-order valence-corrected chi connectivity index (χ3v) is 4.06. The highest BCUT2D eigenvalue weighted by Gasteiger charge is 2.12. The van der Waals surface area contributed by atoms with Crippen molar-refractivity contribution in [2.75, 3.05) is 32.1 Å². The summed E-state index contributed by atoms with van der Waals surface area (Å²) >= 11 is 0. The lowest BCUT2D eigenvalue weighted by Crippen LogP contribution is -2.42. The van der Waals surface area contributed by atoms with Crippen LogP contribution in [0.2, 0.25) is 0 Å². The van der Waals surface area contributed by atoms with E-state index in [4.69, 9.17) is 4.74 Å². The first-order chi connectivity index (χ1) is 14.0. The molecule has 2 aromatic carbocycles. The molecule has 0 heterocycles. The van der Waals surface area contributed by atoms with E-state index in [9.17, 15) is 14.4 Å². The fourth-order valence-electron chi connectivity index (χ4n) is 2.59. The average Bonchev–Trinajstić information content (AvgIpc) is 2.73. The summed E-state index contributed by atoms with van der Waals surface area (Å²) in [6.07, 6.45) is 0.681. The van der Waals surface area contributed by atoms with E-state index in [0.717, 1.165) is 11.3 Å². The van der Waals surface area contributed by atoms with Crippen LogP contribution < -0.4 is 26.0 Å². The van der Waals surface area contributed by atoms with Crippen molar-refractivity contribution < 1.29 is 19.1 Å². The molecule has 2 aromatic rings. The number of benzene rings is 2. The Balaban J connectivity index is 1.86. The molecular formula is C21H26N4O4. The number of anilines is 1. The van der Waals surface area contributed by atoms with E-state index >= 15 is 0 Å². The number of hydrogen-bond donors (Lipinski definition) is 4. The molecule has 0 bridgehead atoms. The molecular weight excluding hydrogens is 372 g/mol. The van der Waals surface area contributed by atoms with E-state index < -0.39 is 11.9 Å². The highest BCUT2D eigenvalue weighted by Crippen LogP contribution is 2.15. The van der Waals surface area contributed by atoms with E-state index in [1.807, 2.05) is 24.3 Å². The largest absolute Gasteiger partial charge is 0.497 e. The normalized spacial score (nSPS) is 10.0. The minimum absolute atomic E-state index is 0.132. The van der Waals surface area contributed by atoms with Crippen LogP contribution in [0, 0.1) is 0 Å². The topological polar surface area (TPSA) is 109 Å². The maximum absolute atomic E-state index is 12.5. The summed E-state index contributed by atoms with van der Waals surface area (Å²) < 4.78 is 5.13. The van der Waals surface area contributed by atoms with Crippen molar-refractivity contribution in [1.82, 2.24) is 16.0 Å². The molecule has 0 atom stereocenters. The lowest BCUT2D eigenvalue weighted by molar-refractivity contribution is -0.118. The Hall–Kier alpha value is -3.55. The molecule has 0 unspecified atom stereocenters. The van der Waals surface area contributed by atoms with E-state index in [0.29, 0.717) is 30.8 Å². The van der Waals surface area contributed by atoms with Gasteiger partial charge in [0.25, 0.3) is 5.91 Å². The van der Waals surface area contributed by atoms with Gasteiger partial charge in [0, 0.05) is 18.8 Å². The molecule has 0 spiro atoms. The Morgan fingerprint density at radius 3 is 2.38 bits per heavy atom. The molecule has 29 heavy (non-hydrogen) atoms. The fraction of sp³-hybridized carbons (Fsp3) is 0.286. The number of methoxy groups -OCH3 is 1. The first-order valence-corrected chi connectivity index (χ1v) is 9.35. The zero-order valence-corrected chi connectivity index (χ0v) is 16.6. The molecule has 2 rings (SSSR count). The Labute approximate surface area is 170 Å². The van der Waals surface area contributed by atoms with Crippen molar-refractivity contribution in [2.24, 2.45) is 0 Å². The minimum atomic E-state index is -0.552. The average molecular weight is 398 g/mol. The van der Waals surface area contributed by atoms with Gasteiger partial charge in [-0.15, -0.1) is 0 Å². The molecule has 8 nitrogen and oxygen atoms in total. The molecule has 0 radical (unpaired) electrons. The van der Waals surface area contributed by atoms with Gasteiger partial charge in [-0.1, -0.05) is 24.3 Å². The Bertz CT molecular complexity index is 837. The van der Waals surface area contributed by atoms with Gasteiger partial charge in [0.2, 0.25) is 5.91 Å². The molecule has 0 saturated carbocycles. The number of carbonyl (C=O) groups is 3. The lowest BCUT2D eigenvalue weighted by Gasteiger charge is -2.12. The third kappa shape index (κ3) is 7.17. The summed E-state index contributed by atoms with van der Waals surface area (Å²) in [5.74, 6) is 0.0467. The second kappa shape index (κ2) is 11.3. The molecule has 154 valence electrons. The Morgan fingerprint density at radius 2 is 1.69 bits per heavy atom. The molecule has 4 N–H and O–H groups in total. The Morgan fingerprint density at radius 1 is 0.966 bits per heavy atom. The quantitative estimate of drug-likeness (QED) is 0.516. The first-order valence-electron chi connectivity index (χ1n) is 9.35. The van der Waals surface area contributed by atoms with Crippen LogP contribution in [0.15, 0.2) is 48.5 Å². The number of rotatable bonds is 9. The van der Waals surface area contributed by atoms with Crippen LogP contribution in [-0.2, 0) is 11.2 Å². The van der Waals surface area contributed by atoms with Gasteiger partial charge in [-0.3, -0.25) is 14.9 Å². The molecule has 0 aromatic heterocycles. The zero-order valence-electron chi connectivity index (χ0n) is 16.6. The molecule has 0 fully saturated rings. The van der Waals surface area contributed by atoms with Crippen LogP contribution in [0.5, 0.6) is 5.75 Å². The van der Waals surface area contributed by atoms with Gasteiger partial charge >= 0.3 is 6.03 Å². The molecule has 0 saturated heterocycles. The van der Waals surface area contributed by atoms with Gasteiger partial charge in [-0.25, -0.2) is 4.79 Å². The van der Waals surface area contributed by atoms with Crippen LogP contribution in [0.1, 0.15) is 22.8 Å². The van der Waals surface area contributed by atoms with E-state index in [2.05, 4.69) is 21.3 Å². The van der Waals surface area contributed by atoms with Crippen molar-refractivity contribution in [1.29, 1.82) is 0 Å². The minimum Gasteiger partial charge on any atom is -0.497 e. The molecule has 4 amide bonds. The highest BCUT2D eigenvalue weighted by atomic mass is 16.5. The van der Waals surface area contributed by atoms with E-state index in [1.165, 1.54) is 0 Å². The van der Waals surface area contributed by atoms with E-state index in [-0.39, 0.29) is 12.5 Å². The van der Waals surface area contributed by atoms with Crippen LogP contribution in [-0.4, -0.2) is 44.6 Å². The van der Waals surface area contributed by atoms with E-state index in [1.54, 1.807) is 38.3 Å². The fourth-order valence-corrected chi connectivity index (χ4v) is 2.59. The SMILES string of the molecule is CCNC(=O)NC(=O)CNc1ccccc1C(=O)NCCc1ccc(OC)cc1. The summed E-state index contributed by atoms with van der Waals surface area (Å²) in [5, 5.41) is 10.5. The summed E-state index contributed by atoms with van der Waals surface area (Å²) in [4.78, 5) is 35.7. The predicted octanol–water partition coefficient (Wildman–Crippen LogP) is 1.93. The zero-order chi connectivity index (χ0) is 21.1. The predicted molar refractivity (Wildman–Crippen MR) is 111 cm³/mol. The third-order valence-electron chi connectivity index (χ3n) is 4.06. The monoisotopic (exact) mass is 398 g/mol. The highest BCUT2D eigenvalue weighted by molar-refractivity contribution is 6.01. The first kappa shape index (κ1) is 21.7. The summed E-state index contributed by atoms with van der Waals surface area (Å²) in [6, 6.07) is 14.0. The van der Waals surface area contributed by atoms with Crippen molar-refractivity contribution in [3.8, 4) is 5.75 Å². The maximum Gasteiger partial charge on any atom is 0.321 e. The Kier molecular flexibility index (Phi) is 8.50. The molecule has 0 aliphatic rings. The maximum atomic E-state index is 12.5. The summed E-state index contributed by atoms with van der Waals surface area (Å²) in [6.45, 7) is 2.52. The number of para-hydroxylation sites is 1. The van der Waals surface area contributed by atoms with Crippen LogP contribution in [0.4, 0.5) is 10.5 Å². The van der Waals surface area contributed by atoms with Gasteiger partial charge in [-0.2, -0.15) is 0 Å².